The Morgan fingerprint density at radius 3 is 2.56 bits per heavy atom. The molecule has 18 heavy (non-hydrogen) atoms. The number of hydrogen-bond donors (Lipinski definition) is 1. The Kier molecular flexibility index (Phi) is 3.68. The normalized spacial score (nSPS) is 22.0. The Labute approximate surface area is 107 Å². The monoisotopic (exact) mass is 250 g/mol. The maximum absolute atomic E-state index is 10.5. The predicted molar refractivity (Wildman–Crippen MR) is 66.3 cm³/mol. The zero-order valence-corrected chi connectivity index (χ0v) is 10.7. The van der Waals surface area contributed by atoms with Crippen molar-refractivity contribution in [2.24, 2.45) is 0 Å². The topological polar surface area (TPSA) is 55.8 Å². The summed E-state index contributed by atoms with van der Waals surface area (Å²) in [4.78, 5) is 10.5. The number of hydrogen-bond acceptors (Lipinski definition) is 3. The zero-order chi connectivity index (χ0) is 13.2. The maximum Gasteiger partial charge on any atom is 0.303 e. The van der Waals surface area contributed by atoms with E-state index in [9.17, 15) is 4.79 Å². The summed E-state index contributed by atoms with van der Waals surface area (Å²) < 4.78 is 11.3. The van der Waals surface area contributed by atoms with Gasteiger partial charge in [-0.3, -0.25) is 4.79 Å². The van der Waals surface area contributed by atoms with Gasteiger partial charge in [-0.25, -0.2) is 0 Å². The van der Waals surface area contributed by atoms with E-state index in [1.54, 1.807) is 0 Å². The van der Waals surface area contributed by atoms with Crippen molar-refractivity contribution in [1.82, 2.24) is 0 Å². The molecule has 98 valence electrons. The van der Waals surface area contributed by atoms with Gasteiger partial charge >= 0.3 is 5.97 Å². The number of rotatable bonds is 4. The third-order valence-corrected chi connectivity index (χ3v) is 2.99. The van der Waals surface area contributed by atoms with Gasteiger partial charge in [0.2, 0.25) is 0 Å². The summed E-state index contributed by atoms with van der Waals surface area (Å²) in [5, 5.41) is 8.62. The minimum absolute atomic E-state index is 0.0338. The van der Waals surface area contributed by atoms with Crippen molar-refractivity contribution >= 4 is 5.97 Å². The van der Waals surface area contributed by atoms with Crippen LogP contribution in [0, 0.1) is 0 Å². The average Bonchev–Trinajstić information content (AvgIpc) is 2.68. The van der Waals surface area contributed by atoms with Crippen LogP contribution in [0.5, 0.6) is 0 Å². The van der Waals surface area contributed by atoms with Gasteiger partial charge in [0.15, 0.2) is 5.79 Å². The molecule has 0 aromatic heterocycles. The van der Waals surface area contributed by atoms with Crippen molar-refractivity contribution in [3.63, 3.8) is 0 Å². The maximum atomic E-state index is 10.5. The largest absolute Gasteiger partial charge is 0.481 e. The second-order valence-electron chi connectivity index (χ2n) is 4.95. The second kappa shape index (κ2) is 5.08. The molecule has 1 aliphatic rings. The highest BCUT2D eigenvalue weighted by atomic mass is 16.7. The first-order valence-electron chi connectivity index (χ1n) is 6.09. The Morgan fingerprint density at radius 2 is 2.06 bits per heavy atom. The van der Waals surface area contributed by atoms with E-state index >= 15 is 0 Å². The highest BCUT2D eigenvalue weighted by Crippen LogP contribution is 2.32. The van der Waals surface area contributed by atoms with Crippen molar-refractivity contribution in [3.05, 3.63) is 35.4 Å². The first kappa shape index (κ1) is 13.1. The fourth-order valence-electron chi connectivity index (χ4n) is 2.00. The van der Waals surface area contributed by atoms with E-state index in [1.165, 1.54) is 0 Å². The van der Waals surface area contributed by atoms with Crippen LogP contribution in [0.3, 0.4) is 0 Å². The molecule has 2 rings (SSSR count). The lowest BCUT2D eigenvalue weighted by Gasteiger charge is -2.17. The Balaban J connectivity index is 1.98. The van der Waals surface area contributed by atoms with Crippen molar-refractivity contribution in [3.8, 4) is 0 Å². The Morgan fingerprint density at radius 1 is 1.39 bits per heavy atom. The summed E-state index contributed by atoms with van der Waals surface area (Å²) in [6.45, 7) is 4.35. The van der Waals surface area contributed by atoms with Crippen molar-refractivity contribution in [2.45, 2.75) is 38.6 Å². The molecule has 1 aliphatic heterocycles. The summed E-state index contributed by atoms with van der Waals surface area (Å²) >= 11 is 0. The molecule has 4 nitrogen and oxygen atoms in total. The van der Waals surface area contributed by atoms with E-state index in [0.29, 0.717) is 13.0 Å². The summed E-state index contributed by atoms with van der Waals surface area (Å²) in [7, 11) is 0. The molecule has 0 bridgehead atoms. The molecule has 0 aliphatic carbocycles. The second-order valence-corrected chi connectivity index (χ2v) is 4.95. The molecule has 1 saturated heterocycles. The first-order chi connectivity index (χ1) is 8.46. The number of ether oxygens (including phenoxy) is 2. The molecule has 1 unspecified atom stereocenters. The third-order valence-electron chi connectivity index (χ3n) is 2.99. The average molecular weight is 250 g/mol. The van der Waals surface area contributed by atoms with Crippen molar-refractivity contribution in [2.75, 3.05) is 6.61 Å². The number of carboxylic acids is 1. The van der Waals surface area contributed by atoms with Crippen LogP contribution in [0.25, 0.3) is 0 Å². The molecule has 0 radical (unpaired) electrons. The lowest BCUT2D eigenvalue weighted by molar-refractivity contribution is -0.139. The van der Waals surface area contributed by atoms with Gasteiger partial charge in [-0.1, -0.05) is 24.3 Å². The summed E-state index contributed by atoms with van der Waals surface area (Å²) in [6.07, 6.45) is 0.687. The smallest absolute Gasteiger partial charge is 0.303 e. The number of carbonyl (C=O) groups is 1. The van der Waals surface area contributed by atoms with Crippen LogP contribution >= 0.6 is 0 Å². The van der Waals surface area contributed by atoms with Gasteiger partial charge in [0.05, 0.1) is 6.61 Å². The van der Waals surface area contributed by atoms with E-state index < -0.39 is 11.8 Å². The van der Waals surface area contributed by atoms with Crippen LogP contribution in [0.2, 0.25) is 0 Å². The SMILES string of the molecule is CC1(C)OCC(c2ccc(CCC(=O)O)cc2)O1. The highest BCUT2D eigenvalue weighted by molar-refractivity contribution is 5.67. The Hall–Kier alpha value is -1.39. The van der Waals surface area contributed by atoms with Gasteiger partial charge in [-0.2, -0.15) is 0 Å². The van der Waals surface area contributed by atoms with Crippen LogP contribution in [0.1, 0.15) is 37.5 Å². The molecule has 1 aromatic carbocycles. The van der Waals surface area contributed by atoms with Gasteiger partial charge in [0.25, 0.3) is 0 Å². The molecule has 1 fully saturated rings. The van der Waals surface area contributed by atoms with Gasteiger partial charge in [0.1, 0.15) is 6.10 Å². The Bertz CT molecular complexity index is 422. The molecule has 1 heterocycles. The van der Waals surface area contributed by atoms with Crippen LogP contribution in [0.15, 0.2) is 24.3 Å². The summed E-state index contributed by atoms with van der Waals surface area (Å²) in [5.74, 6) is -1.29. The fraction of sp³-hybridized carbons (Fsp3) is 0.500. The summed E-state index contributed by atoms with van der Waals surface area (Å²) in [6, 6.07) is 7.86. The number of benzene rings is 1. The van der Waals surface area contributed by atoms with E-state index in [-0.39, 0.29) is 12.5 Å². The zero-order valence-electron chi connectivity index (χ0n) is 10.7. The van der Waals surface area contributed by atoms with Gasteiger partial charge in [-0.05, 0) is 31.4 Å². The van der Waals surface area contributed by atoms with Crippen LogP contribution in [-0.4, -0.2) is 23.5 Å². The van der Waals surface area contributed by atoms with E-state index in [4.69, 9.17) is 14.6 Å². The molecule has 0 amide bonds. The fourth-order valence-corrected chi connectivity index (χ4v) is 2.00. The lowest BCUT2D eigenvalue weighted by atomic mass is 10.0. The number of aliphatic carboxylic acids is 1. The number of carboxylic acid groups (broad SMARTS) is 1. The van der Waals surface area contributed by atoms with Crippen LogP contribution < -0.4 is 0 Å². The highest BCUT2D eigenvalue weighted by Gasteiger charge is 2.33. The summed E-state index contributed by atoms with van der Waals surface area (Å²) in [5.41, 5.74) is 2.10. The van der Waals surface area contributed by atoms with Crippen LogP contribution in [0.4, 0.5) is 0 Å². The molecule has 0 saturated carbocycles. The van der Waals surface area contributed by atoms with Gasteiger partial charge in [-0.15, -0.1) is 0 Å². The van der Waals surface area contributed by atoms with E-state index in [0.717, 1.165) is 11.1 Å². The van der Waals surface area contributed by atoms with Gasteiger partial charge < -0.3 is 14.6 Å². The lowest BCUT2D eigenvalue weighted by Crippen LogP contribution is -2.19. The first-order valence-corrected chi connectivity index (χ1v) is 6.09. The molecular weight excluding hydrogens is 232 g/mol. The van der Waals surface area contributed by atoms with Gasteiger partial charge in [0, 0.05) is 6.42 Å². The van der Waals surface area contributed by atoms with E-state index in [2.05, 4.69) is 0 Å². The molecule has 1 aromatic rings. The minimum Gasteiger partial charge on any atom is -0.481 e. The molecule has 4 heteroatoms. The van der Waals surface area contributed by atoms with Crippen molar-refractivity contribution < 1.29 is 19.4 Å². The predicted octanol–water partition coefficient (Wildman–Crippen LogP) is 2.53. The standard InChI is InChI=1S/C14H18O4/c1-14(2)17-9-12(18-14)11-6-3-10(4-7-11)5-8-13(15)16/h3-4,6-7,12H,5,8-9H2,1-2H3,(H,15,16). The minimum atomic E-state index is -0.770. The van der Waals surface area contributed by atoms with Crippen molar-refractivity contribution in [1.29, 1.82) is 0 Å². The molecule has 1 N–H and O–H groups in total. The third kappa shape index (κ3) is 3.31. The molecule has 0 spiro atoms. The molecular formula is C14H18O4. The quantitative estimate of drug-likeness (QED) is 0.892. The van der Waals surface area contributed by atoms with E-state index in [1.807, 2.05) is 38.1 Å². The molecule has 1 atom stereocenters. The van der Waals surface area contributed by atoms with Crippen LogP contribution in [-0.2, 0) is 20.7 Å². The number of aryl methyl sites for hydroxylation is 1.